The van der Waals surface area contributed by atoms with Gasteiger partial charge < -0.3 is 15.0 Å². The van der Waals surface area contributed by atoms with Crippen molar-refractivity contribution < 1.29 is 4.74 Å². The molecule has 1 aliphatic heterocycles. The van der Waals surface area contributed by atoms with Gasteiger partial charge in [0.1, 0.15) is 0 Å². The Balaban J connectivity index is 2.20. The Morgan fingerprint density at radius 1 is 1.35 bits per heavy atom. The lowest BCUT2D eigenvalue weighted by molar-refractivity contribution is 0.192. The molecule has 4 nitrogen and oxygen atoms in total. The molecule has 1 N–H and O–H groups in total. The molecule has 0 amide bonds. The maximum Gasteiger partial charge on any atom is 0.193 e. The van der Waals surface area contributed by atoms with Gasteiger partial charge in [-0.05, 0) is 43.9 Å². The summed E-state index contributed by atoms with van der Waals surface area (Å²) in [6, 6.07) is 0. The predicted molar refractivity (Wildman–Crippen MR) is 86.2 cm³/mol. The van der Waals surface area contributed by atoms with Crippen molar-refractivity contribution in [3.8, 4) is 0 Å². The predicted octanol–water partition coefficient (Wildman–Crippen LogP) is 2.75. The Morgan fingerprint density at radius 3 is 2.80 bits per heavy atom. The average molecular weight is 283 g/mol. The second kappa shape index (κ2) is 10.0. The van der Waals surface area contributed by atoms with Crippen LogP contribution >= 0.6 is 0 Å². The average Bonchev–Trinajstić information content (AvgIpc) is 2.85. The topological polar surface area (TPSA) is 36.9 Å². The molecule has 0 aromatic heterocycles. The van der Waals surface area contributed by atoms with E-state index in [9.17, 15) is 0 Å². The van der Waals surface area contributed by atoms with E-state index in [2.05, 4.69) is 29.1 Å². The lowest BCUT2D eigenvalue weighted by atomic mass is 9.97. The molecule has 0 aliphatic carbocycles. The summed E-state index contributed by atoms with van der Waals surface area (Å²) < 4.78 is 5.06. The van der Waals surface area contributed by atoms with Gasteiger partial charge in [-0.1, -0.05) is 13.8 Å². The molecule has 1 heterocycles. The third-order valence-electron chi connectivity index (χ3n) is 3.91. The van der Waals surface area contributed by atoms with Crippen LogP contribution in [0.15, 0.2) is 4.99 Å². The number of methoxy groups -OCH3 is 1. The van der Waals surface area contributed by atoms with Crippen LogP contribution in [0.25, 0.3) is 0 Å². The van der Waals surface area contributed by atoms with Crippen molar-refractivity contribution in [2.75, 3.05) is 40.4 Å². The van der Waals surface area contributed by atoms with Gasteiger partial charge in [0.15, 0.2) is 5.96 Å². The van der Waals surface area contributed by atoms with Crippen LogP contribution in [0.1, 0.15) is 46.0 Å². The van der Waals surface area contributed by atoms with Crippen molar-refractivity contribution in [1.29, 1.82) is 0 Å². The van der Waals surface area contributed by atoms with Gasteiger partial charge in [-0.25, -0.2) is 0 Å². The van der Waals surface area contributed by atoms with Gasteiger partial charge in [0, 0.05) is 40.4 Å². The summed E-state index contributed by atoms with van der Waals surface area (Å²) in [6.07, 6.45) is 6.20. The molecule has 1 fully saturated rings. The van der Waals surface area contributed by atoms with Gasteiger partial charge in [-0.15, -0.1) is 0 Å². The lowest BCUT2D eigenvalue weighted by Gasteiger charge is -2.22. The number of hydrogen-bond acceptors (Lipinski definition) is 2. The Hall–Kier alpha value is -0.770. The van der Waals surface area contributed by atoms with Crippen LogP contribution in [0, 0.1) is 11.8 Å². The number of hydrogen-bond donors (Lipinski definition) is 1. The van der Waals surface area contributed by atoms with E-state index in [1.807, 2.05) is 7.05 Å². The molecule has 0 aromatic carbocycles. The first-order valence-corrected chi connectivity index (χ1v) is 8.12. The molecule has 0 spiro atoms. The lowest BCUT2D eigenvalue weighted by Crippen LogP contribution is -2.40. The molecule has 0 bridgehead atoms. The van der Waals surface area contributed by atoms with E-state index in [-0.39, 0.29) is 0 Å². The Labute approximate surface area is 125 Å². The number of unbranched alkanes of at least 4 members (excludes halogenated alkanes) is 2. The molecule has 1 unspecified atom stereocenters. The molecule has 118 valence electrons. The minimum Gasteiger partial charge on any atom is -0.385 e. The summed E-state index contributed by atoms with van der Waals surface area (Å²) >= 11 is 0. The van der Waals surface area contributed by atoms with E-state index < -0.39 is 0 Å². The minimum atomic E-state index is 0.802. The highest BCUT2D eigenvalue weighted by atomic mass is 16.5. The van der Waals surface area contributed by atoms with Gasteiger partial charge in [-0.3, -0.25) is 4.99 Å². The van der Waals surface area contributed by atoms with Crippen molar-refractivity contribution in [3.05, 3.63) is 0 Å². The largest absolute Gasteiger partial charge is 0.385 e. The third kappa shape index (κ3) is 6.60. The first kappa shape index (κ1) is 17.3. The molecular weight excluding hydrogens is 250 g/mol. The zero-order valence-corrected chi connectivity index (χ0v) is 13.8. The number of guanidine groups is 1. The zero-order valence-electron chi connectivity index (χ0n) is 13.8. The molecular formula is C16H33N3O. The van der Waals surface area contributed by atoms with E-state index in [0.29, 0.717) is 0 Å². The molecule has 1 saturated heterocycles. The molecule has 0 saturated carbocycles. The summed E-state index contributed by atoms with van der Waals surface area (Å²) in [5.74, 6) is 2.73. The van der Waals surface area contributed by atoms with Crippen molar-refractivity contribution >= 4 is 5.96 Å². The number of nitrogens with one attached hydrogen (secondary N) is 1. The number of rotatable bonds is 8. The van der Waals surface area contributed by atoms with Crippen LogP contribution in [-0.4, -0.2) is 51.3 Å². The van der Waals surface area contributed by atoms with Gasteiger partial charge in [-0.2, -0.15) is 0 Å². The fourth-order valence-corrected chi connectivity index (χ4v) is 2.96. The summed E-state index contributed by atoms with van der Waals surface area (Å²) in [5, 5.41) is 3.50. The molecule has 1 rings (SSSR count). The van der Waals surface area contributed by atoms with Crippen LogP contribution in [0.3, 0.4) is 0 Å². The third-order valence-corrected chi connectivity index (χ3v) is 3.91. The minimum absolute atomic E-state index is 0.802. The standard InChI is InChI=1S/C16H33N3O/c1-14(2)12-15-8-10-19(13-15)16(17-3)18-9-6-5-7-11-20-4/h14-15H,5-13H2,1-4H3,(H,17,18). The first-order chi connectivity index (χ1) is 9.67. The van der Waals surface area contributed by atoms with Crippen molar-refractivity contribution in [2.45, 2.75) is 46.0 Å². The van der Waals surface area contributed by atoms with Crippen LogP contribution < -0.4 is 5.32 Å². The van der Waals surface area contributed by atoms with E-state index >= 15 is 0 Å². The van der Waals surface area contributed by atoms with Gasteiger partial charge in [0.25, 0.3) is 0 Å². The van der Waals surface area contributed by atoms with E-state index in [1.165, 1.54) is 32.2 Å². The highest BCUT2D eigenvalue weighted by molar-refractivity contribution is 5.80. The molecule has 1 atom stereocenters. The SMILES string of the molecule is CN=C(NCCCCCOC)N1CCC(CC(C)C)C1. The van der Waals surface area contributed by atoms with E-state index in [1.54, 1.807) is 7.11 Å². The highest BCUT2D eigenvalue weighted by Gasteiger charge is 2.24. The second-order valence-corrected chi connectivity index (χ2v) is 6.26. The normalized spacial score (nSPS) is 19.9. The Kier molecular flexibility index (Phi) is 8.67. The van der Waals surface area contributed by atoms with Crippen LogP contribution in [-0.2, 0) is 4.74 Å². The molecule has 20 heavy (non-hydrogen) atoms. The quantitative estimate of drug-likeness (QED) is 0.423. The van der Waals surface area contributed by atoms with Crippen molar-refractivity contribution in [1.82, 2.24) is 10.2 Å². The fourth-order valence-electron chi connectivity index (χ4n) is 2.96. The summed E-state index contributed by atoms with van der Waals surface area (Å²) in [4.78, 5) is 6.84. The zero-order chi connectivity index (χ0) is 14.8. The summed E-state index contributed by atoms with van der Waals surface area (Å²) in [6.45, 7) is 8.84. The first-order valence-electron chi connectivity index (χ1n) is 8.12. The monoisotopic (exact) mass is 283 g/mol. The number of aliphatic imine (C=N–C) groups is 1. The van der Waals surface area contributed by atoms with Crippen LogP contribution in [0.4, 0.5) is 0 Å². The number of nitrogens with zero attached hydrogens (tertiary/aromatic N) is 2. The number of ether oxygens (including phenoxy) is 1. The molecule has 0 radical (unpaired) electrons. The van der Waals surface area contributed by atoms with Crippen molar-refractivity contribution in [3.63, 3.8) is 0 Å². The molecule has 1 aliphatic rings. The van der Waals surface area contributed by atoms with E-state index in [0.717, 1.165) is 43.9 Å². The maximum atomic E-state index is 5.06. The Morgan fingerprint density at radius 2 is 2.15 bits per heavy atom. The van der Waals surface area contributed by atoms with Crippen molar-refractivity contribution in [2.24, 2.45) is 16.8 Å². The molecule has 4 heteroatoms. The van der Waals surface area contributed by atoms with Gasteiger partial charge in [0.05, 0.1) is 0 Å². The van der Waals surface area contributed by atoms with Gasteiger partial charge in [0.2, 0.25) is 0 Å². The van der Waals surface area contributed by atoms with Crippen LogP contribution in [0.5, 0.6) is 0 Å². The number of likely N-dealkylation sites (tertiary alicyclic amines) is 1. The fraction of sp³-hybridized carbons (Fsp3) is 0.938. The Bertz CT molecular complexity index is 279. The molecule has 0 aromatic rings. The second-order valence-electron chi connectivity index (χ2n) is 6.26. The van der Waals surface area contributed by atoms with E-state index in [4.69, 9.17) is 4.74 Å². The highest BCUT2D eigenvalue weighted by Crippen LogP contribution is 2.23. The smallest absolute Gasteiger partial charge is 0.193 e. The summed E-state index contributed by atoms with van der Waals surface area (Å²) in [5.41, 5.74) is 0. The maximum absolute atomic E-state index is 5.06. The summed E-state index contributed by atoms with van der Waals surface area (Å²) in [7, 11) is 3.66. The van der Waals surface area contributed by atoms with Crippen LogP contribution in [0.2, 0.25) is 0 Å². The van der Waals surface area contributed by atoms with Gasteiger partial charge >= 0.3 is 0 Å².